The Morgan fingerprint density at radius 1 is 0.703 bits per heavy atom. The predicted molar refractivity (Wildman–Crippen MR) is 239 cm³/mol. The molecular formula is C43H78N10O11. The summed E-state index contributed by atoms with van der Waals surface area (Å²) < 4.78 is 5.57. The summed E-state index contributed by atoms with van der Waals surface area (Å²) in [7, 11) is 0. The van der Waals surface area contributed by atoms with Crippen LogP contribution in [0.3, 0.4) is 0 Å². The standard InChI is InChI=1S/C43H78N10O11/c1-8-25(4)34-39(60)53-35(27(6)54)40(61)49-30(20-21-31(44)56)37(58)48-26(5)42(63)64-28(7)36(41(62)51-33(24(2)3)38(59)52-34)50-32(57)23-29(55)19-17-15-13-11-9-10-12-14-16-18-22-47-43(45)46/h24-30,33-36,54-55H,8-23H2,1-7H3,(H2,44,56)(H,48,58)(H,49,61)(H,50,57)(H,51,62)(H,52,59)(H,53,60)(H4,45,46,47)/t25-,26+,27+,28+,29+,30+,33+,34-,35+,36-/m0/s1. The molecule has 21 heteroatoms. The molecule has 0 saturated carbocycles. The summed E-state index contributed by atoms with van der Waals surface area (Å²) in [6.07, 6.45) is 5.81. The maximum atomic E-state index is 14.0. The molecule has 1 saturated heterocycles. The second-order valence-corrected chi connectivity index (χ2v) is 17.3. The fraction of sp³-hybridized carbons (Fsp3) is 0.791. The number of primary amides is 1. The van der Waals surface area contributed by atoms with E-state index in [-0.39, 0.29) is 25.2 Å². The van der Waals surface area contributed by atoms with Gasteiger partial charge < -0.3 is 64.1 Å². The van der Waals surface area contributed by atoms with Crippen LogP contribution in [0, 0.1) is 11.8 Å². The van der Waals surface area contributed by atoms with Gasteiger partial charge >= 0.3 is 5.97 Å². The lowest BCUT2D eigenvalue weighted by molar-refractivity contribution is -0.155. The zero-order valence-electron chi connectivity index (χ0n) is 38.9. The molecule has 64 heavy (non-hydrogen) atoms. The van der Waals surface area contributed by atoms with E-state index in [1.54, 1.807) is 27.7 Å². The predicted octanol–water partition coefficient (Wildman–Crippen LogP) is -0.476. The first-order chi connectivity index (χ1) is 30.1. The zero-order chi connectivity index (χ0) is 48.5. The molecule has 1 aliphatic heterocycles. The van der Waals surface area contributed by atoms with Crippen molar-refractivity contribution < 1.29 is 53.3 Å². The van der Waals surface area contributed by atoms with E-state index in [0.717, 1.165) is 57.8 Å². The number of guanidine groups is 1. The number of nitrogens with zero attached hydrogens (tertiary/aromatic N) is 1. The molecule has 10 atom stereocenters. The van der Waals surface area contributed by atoms with Crippen LogP contribution in [-0.4, -0.2) is 125 Å². The average Bonchev–Trinajstić information content (AvgIpc) is 3.21. The van der Waals surface area contributed by atoms with Gasteiger partial charge in [0.25, 0.3) is 0 Å². The van der Waals surface area contributed by atoms with E-state index in [1.165, 1.54) is 20.8 Å². The smallest absolute Gasteiger partial charge is 0.328 e. The highest BCUT2D eigenvalue weighted by Gasteiger charge is 2.39. The van der Waals surface area contributed by atoms with Crippen LogP contribution >= 0.6 is 0 Å². The zero-order valence-corrected chi connectivity index (χ0v) is 38.9. The van der Waals surface area contributed by atoms with Gasteiger partial charge in [-0.1, -0.05) is 91.9 Å². The molecule has 0 bridgehead atoms. The van der Waals surface area contributed by atoms with Crippen LogP contribution in [0.25, 0.3) is 0 Å². The number of aliphatic imine (C=N–C) groups is 1. The Labute approximate surface area is 377 Å². The fourth-order valence-corrected chi connectivity index (χ4v) is 6.97. The van der Waals surface area contributed by atoms with Crippen LogP contribution in [0.1, 0.15) is 145 Å². The molecule has 0 aromatic carbocycles. The molecule has 0 unspecified atom stereocenters. The topological polar surface area (TPSA) is 349 Å². The van der Waals surface area contributed by atoms with Crippen molar-refractivity contribution in [1.82, 2.24) is 31.9 Å². The molecule has 1 aliphatic rings. The second kappa shape index (κ2) is 30.2. The number of nitrogens with two attached hydrogens (primary N) is 3. The number of amides is 7. The molecule has 0 aliphatic carbocycles. The van der Waals surface area contributed by atoms with Crippen molar-refractivity contribution in [3.05, 3.63) is 0 Å². The number of carbonyl (C=O) groups is 8. The number of nitrogens with one attached hydrogen (secondary N) is 6. The van der Waals surface area contributed by atoms with Crippen LogP contribution in [0.15, 0.2) is 4.99 Å². The highest BCUT2D eigenvalue weighted by molar-refractivity contribution is 5.97. The Balaban J connectivity index is 3.25. The van der Waals surface area contributed by atoms with Gasteiger partial charge in [-0.2, -0.15) is 0 Å². The van der Waals surface area contributed by atoms with E-state index in [9.17, 15) is 48.6 Å². The molecule has 0 spiro atoms. The molecule has 14 N–H and O–H groups in total. The lowest BCUT2D eigenvalue weighted by Gasteiger charge is -2.31. The molecule has 0 aromatic heterocycles. The van der Waals surface area contributed by atoms with Crippen molar-refractivity contribution in [3.8, 4) is 0 Å². The van der Waals surface area contributed by atoms with E-state index in [0.29, 0.717) is 25.8 Å². The van der Waals surface area contributed by atoms with Crippen molar-refractivity contribution in [3.63, 3.8) is 0 Å². The molecule has 1 heterocycles. The Hall–Kier alpha value is -5.05. The van der Waals surface area contributed by atoms with Crippen molar-refractivity contribution in [2.24, 2.45) is 34.0 Å². The molecule has 1 rings (SSSR count). The first kappa shape index (κ1) is 57.0. The van der Waals surface area contributed by atoms with Crippen molar-refractivity contribution in [2.75, 3.05) is 6.54 Å². The number of hydrogen-bond acceptors (Lipinski definition) is 12. The number of hydrogen-bond donors (Lipinski definition) is 11. The molecule has 366 valence electrons. The Kier molecular flexibility index (Phi) is 26.8. The van der Waals surface area contributed by atoms with Gasteiger partial charge in [-0.05, 0) is 51.9 Å². The number of aliphatic hydroxyl groups excluding tert-OH is 2. The van der Waals surface area contributed by atoms with E-state index in [4.69, 9.17) is 21.9 Å². The lowest BCUT2D eigenvalue weighted by atomic mass is 9.95. The molecule has 0 radical (unpaired) electrons. The largest absolute Gasteiger partial charge is 0.458 e. The minimum Gasteiger partial charge on any atom is -0.458 e. The number of esters is 1. The van der Waals surface area contributed by atoms with Crippen molar-refractivity contribution in [2.45, 2.75) is 199 Å². The monoisotopic (exact) mass is 911 g/mol. The van der Waals surface area contributed by atoms with Crippen LogP contribution < -0.4 is 49.1 Å². The van der Waals surface area contributed by atoms with Gasteiger partial charge in [0.15, 0.2) is 5.96 Å². The summed E-state index contributed by atoms with van der Waals surface area (Å²) >= 11 is 0. The van der Waals surface area contributed by atoms with E-state index in [1.807, 2.05) is 0 Å². The highest BCUT2D eigenvalue weighted by atomic mass is 16.5. The van der Waals surface area contributed by atoms with E-state index < -0.39 is 114 Å². The Morgan fingerprint density at radius 3 is 1.75 bits per heavy atom. The van der Waals surface area contributed by atoms with Gasteiger partial charge in [0.05, 0.1) is 18.6 Å². The van der Waals surface area contributed by atoms with Crippen LogP contribution in [0.2, 0.25) is 0 Å². The third-order valence-corrected chi connectivity index (χ3v) is 11.2. The van der Waals surface area contributed by atoms with Gasteiger partial charge in [-0.3, -0.25) is 38.6 Å². The quantitative estimate of drug-likeness (QED) is 0.0268. The lowest BCUT2D eigenvalue weighted by Crippen LogP contribution is -2.63. The van der Waals surface area contributed by atoms with Gasteiger partial charge in [0.1, 0.15) is 42.4 Å². The number of rotatable bonds is 23. The van der Waals surface area contributed by atoms with Gasteiger partial charge in [-0.25, -0.2) is 4.79 Å². The van der Waals surface area contributed by atoms with Crippen molar-refractivity contribution >= 4 is 53.3 Å². The molecule has 21 nitrogen and oxygen atoms in total. The minimum atomic E-state index is -1.64. The van der Waals surface area contributed by atoms with Gasteiger partial charge in [0, 0.05) is 13.0 Å². The van der Waals surface area contributed by atoms with E-state index in [2.05, 4.69) is 36.9 Å². The second-order valence-electron chi connectivity index (χ2n) is 17.3. The number of ether oxygens (including phenoxy) is 1. The Bertz CT molecular complexity index is 1560. The summed E-state index contributed by atoms with van der Waals surface area (Å²) in [5, 5.41) is 36.4. The average molecular weight is 911 g/mol. The van der Waals surface area contributed by atoms with Crippen LogP contribution in [-0.2, 0) is 43.1 Å². The maximum Gasteiger partial charge on any atom is 0.328 e. The summed E-state index contributed by atoms with van der Waals surface area (Å²) in [4.78, 5) is 111. The summed E-state index contributed by atoms with van der Waals surface area (Å²) in [6.45, 7) is 11.2. The molecular weight excluding hydrogens is 833 g/mol. The maximum absolute atomic E-state index is 14.0. The summed E-state index contributed by atoms with van der Waals surface area (Å²) in [5.41, 5.74) is 16.0. The number of carbonyl (C=O) groups excluding carboxylic acids is 8. The van der Waals surface area contributed by atoms with Crippen LogP contribution in [0.5, 0.6) is 0 Å². The van der Waals surface area contributed by atoms with E-state index >= 15 is 0 Å². The molecule has 1 fully saturated rings. The van der Waals surface area contributed by atoms with Crippen LogP contribution in [0.4, 0.5) is 0 Å². The third kappa shape index (κ3) is 22.0. The number of unbranched alkanes of at least 4 members (excludes halogenated alkanes) is 9. The number of cyclic esters (lactones) is 1. The molecule has 0 aromatic rings. The van der Waals surface area contributed by atoms with Gasteiger partial charge in [0.2, 0.25) is 41.4 Å². The SMILES string of the molecule is CC[C@H](C)[C@@H]1NC(=O)[C@@H](C(C)C)NC(=O)[C@@H](NC(=O)C[C@H](O)CCCCCCCCCCCCN=C(N)N)[C@@H](C)OC(=O)[C@@H](C)NC(=O)[C@@H](CCC(N)=O)NC(=O)[C@@H]([C@@H](C)O)NC1=O. The minimum absolute atomic E-state index is 0.113. The molecule has 7 amide bonds. The number of aliphatic hydroxyl groups is 2. The fourth-order valence-electron chi connectivity index (χ4n) is 6.97. The van der Waals surface area contributed by atoms with Gasteiger partial charge in [-0.15, -0.1) is 0 Å². The normalized spacial score (nSPS) is 24.5. The Morgan fingerprint density at radius 2 is 1.22 bits per heavy atom. The highest BCUT2D eigenvalue weighted by Crippen LogP contribution is 2.15. The summed E-state index contributed by atoms with van der Waals surface area (Å²) in [5.74, 6) is -8.06. The first-order valence-corrected chi connectivity index (χ1v) is 22.8. The third-order valence-electron chi connectivity index (χ3n) is 11.2. The first-order valence-electron chi connectivity index (χ1n) is 22.8. The summed E-state index contributed by atoms with van der Waals surface area (Å²) in [6, 6.07) is -8.68. The van der Waals surface area contributed by atoms with Crippen molar-refractivity contribution in [1.29, 1.82) is 0 Å².